The average Bonchev–Trinajstić information content (AvgIpc) is 2.88. The van der Waals surface area contributed by atoms with Gasteiger partial charge in [-0.2, -0.15) is 5.10 Å². The first-order chi connectivity index (χ1) is 18.6. The van der Waals surface area contributed by atoms with Crippen molar-refractivity contribution >= 4 is 51.0 Å². The molecule has 0 radical (unpaired) electrons. The Balaban J connectivity index is 1.54. The highest BCUT2D eigenvalue weighted by Gasteiger charge is 2.29. The molecule has 3 aromatic carbocycles. The minimum Gasteiger partial charge on any atom is -0.494 e. The first-order valence-electron chi connectivity index (χ1n) is 11.9. The van der Waals surface area contributed by atoms with E-state index >= 15 is 0 Å². The number of carbonyl (C=O) groups is 2. The number of hydrazone groups is 1. The molecule has 0 aliphatic carbocycles. The van der Waals surface area contributed by atoms with Crippen LogP contribution in [0.4, 0.5) is 11.4 Å². The molecular weight excluding hydrogens is 544 g/mol. The number of benzene rings is 3. The molecule has 0 heterocycles. The summed E-state index contributed by atoms with van der Waals surface area (Å²) >= 11 is 5.91. The highest BCUT2D eigenvalue weighted by molar-refractivity contribution is 7.92. The number of nitrogens with one attached hydrogen (secondary N) is 2. The molecule has 12 heteroatoms. The van der Waals surface area contributed by atoms with Crippen molar-refractivity contribution in [1.29, 1.82) is 0 Å². The molecule has 0 aromatic heterocycles. The number of hydrogen-bond acceptors (Lipinski definition) is 7. The standard InChI is InChI=1S/C27H29ClN4O6S/c1-4-37-24-14-10-23(11-15-24)32(39(3,35)36)19(2)27(34)31-29-17-20-8-12-25(13-9-20)38-18-26(33)30-22-7-5-6-21(28)16-22/h5-17,19H,4,18H2,1-3H3,(H,30,33)(H,31,34)/b29-17-/t19-/m1/s1. The molecule has 3 rings (SSSR count). The number of anilines is 2. The zero-order valence-electron chi connectivity index (χ0n) is 21.6. The van der Waals surface area contributed by atoms with E-state index in [9.17, 15) is 18.0 Å². The summed E-state index contributed by atoms with van der Waals surface area (Å²) in [5.74, 6) is 0.100. The van der Waals surface area contributed by atoms with Gasteiger partial charge in [-0.25, -0.2) is 13.8 Å². The van der Waals surface area contributed by atoms with Crippen LogP contribution < -0.4 is 24.5 Å². The third-order valence-corrected chi connectivity index (χ3v) is 6.71. The van der Waals surface area contributed by atoms with Crippen molar-refractivity contribution in [3.05, 3.63) is 83.4 Å². The molecule has 39 heavy (non-hydrogen) atoms. The Kier molecular flexibility index (Phi) is 10.3. The number of nitrogens with zero attached hydrogens (tertiary/aromatic N) is 2. The van der Waals surface area contributed by atoms with Crippen LogP contribution in [0.15, 0.2) is 77.9 Å². The molecule has 0 spiro atoms. The maximum absolute atomic E-state index is 12.7. The third kappa shape index (κ3) is 9.01. The van der Waals surface area contributed by atoms with Crippen LogP contribution in [0.1, 0.15) is 19.4 Å². The predicted octanol–water partition coefficient (Wildman–Crippen LogP) is 4.06. The van der Waals surface area contributed by atoms with Crippen molar-refractivity contribution in [2.24, 2.45) is 5.10 Å². The van der Waals surface area contributed by atoms with Gasteiger partial charge in [-0.15, -0.1) is 0 Å². The van der Waals surface area contributed by atoms with E-state index in [0.29, 0.717) is 40.1 Å². The van der Waals surface area contributed by atoms with Gasteiger partial charge in [0.2, 0.25) is 10.0 Å². The summed E-state index contributed by atoms with van der Waals surface area (Å²) in [5.41, 5.74) is 3.91. The van der Waals surface area contributed by atoms with Gasteiger partial charge in [0.25, 0.3) is 11.8 Å². The lowest BCUT2D eigenvalue weighted by molar-refractivity contribution is -0.121. The van der Waals surface area contributed by atoms with Gasteiger partial charge in [0.15, 0.2) is 6.61 Å². The van der Waals surface area contributed by atoms with Gasteiger partial charge in [-0.3, -0.25) is 13.9 Å². The quantitative estimate of drug-likeness (QED) is 0.249. The van der Waals surface area contributed by atoms with Crippen molar-refractivity contribution in [2.45, 2.75) is 19.9 Å². The summed E-state index contributed by atoms with van der Waals surface area (Å²) in [6.07, 6.45) is 2.43. The van der Waals surface area contributed by atoms with Crippen LogP contribution >= 0.6 is 11.6 Å². The van der Waals surface area contributed by atoms with Crippen LogP contribution in [0.2, 0.25) is 5.02 Å². The Hall–Kier alpha value is -4.09. The number of ether oxygens (including phenoxy) is 2. The van der Waals surface area contributed by atoms with Crippen molar-refractivity contribution in [3.63, 3.8) is 0 Å². The Morgan fingerprint density at radius 3 is 2.28 bits per heavy atom. The number of rotatable bonds is 12. The normalized spacial score (nSPS) is 12.0. The third-order valence-electron chi connectivity index (χ3n) is 5.24. The highest BCUT2D eigenvalue weighted by atomic mass is 35.5. The summed E-state index contributed by atoms with van der Waals surface area (Å²) in [7, 11) is -3.77. The van der Waals surface area contributed by atoms with Crippen molar-refractivity contribution < 1.29 is 27.5 Å². The highest BCUT2D eigenvalue weighted by Crippen LogP contribution is 2.24. The van der Waals surface area contributed by atoms with Gasteiger partial charge in [0, 0.05) is 10.7 Å². The second-order valence-electron chi connectivity index (χ2n) is 8.31. The largest absolute Gasteiger partial charge is 0.494 e. The van der Waals surface area contributed by atoms with E-state index in [1.165, 1.54) is 13.1 Å². The van der Waals surface area contributed by atoms with Crippen molar-refractivity contribution in [1.82, 2.24) is 5.43 Å². The smallest absolute Gasteiger partial charge is 0.263 e. The molecule has 3 aromatic rings. The number of halogens is 1. The zero-order valence-corrected chi connectivity index (χ0v) is 23.2. The molecule has 2 amide bonds. The molecule has 0 saturated heterocycles. The lowest BCUT2D eigenvalue weighted by atomic mass is 10.2. The Labute approximate surface area is 232 Å². The molecular formula is C27H29ClN4O6S. The fraction of sp³-hybridized carbons (Fsp3) is 0.222. The SMILES string of the molecule is CCOc1ccc(N([C@H](C)C(=O)N/N=C\c2ccc(OCC(=O)Nc3cccc(Cl)c3)cc2)S(C)(=O)=O)cc1. The topological polar surface area (TPSA) is 126 Å². The fourth-order valence-electron chi connectivity index (χ4n) is 3.49. The van der Waals surface area contributed by atoms with E-state index < -0.39 is 22.0 Å². The van der Waals surface area contributed by atoms with E-state index in [1.54, 1.807) is 72.8 Å². The number of hydrogen-bond donors (Lipinski definition) is 2. The number of sulfonamides is 1. The molecule has 0 aliphatic heterocycles. The lowest BCUT2D eigenvalue weighted by Gasteiger charge is -2.27. The van der Waals surface area contributed by atoms with Gasteiger partial charge in [-0.1, -0.05) is 17.7 Å². The minimum atomic E-state index is -3.77. The van der Waals surface area contributed by atoms with Crippen LogP contribution in [0.3, 0.4) is 0 Å². The minimum absolute atomic E-state index is 0.195. The van der Waals surface area contributed by atoms with Gasteiger partial charge in [-0.05, 0) is 86.1 Å². The Morgan fingerprint density at radius 1 is 1.03 bits per heavy atom. The zero-order chi connectivity index (χ0) is 28.4. The fourth-order valence-corrected chi connectivity index (χ4v) is 4.86. The summed E-state index contributed by atoms with van der Waals surface area (Å²) in [6, 6.07) is 18.8. The van der Waals surface area contributed by atoms with Crippen LogP contribution in [-0.2, 0) is 19.6 Å². The maximum Gasteiger partial charge on any atom is 0.263 e. The van der Waals surface area contributed by atoms with Gasteiger partial charge in [0.1, 0.15) is 17.5 Å². The van der Waals surface area contributed by atoms with Crippen LogP contribution in [0, 0.1) is 0 Å². The van der Waals surface area contributed by atoms with Crippen LogP contribution in [0.5, 0.6) is 11.5 Å². The Morgan fingerprint density at radius 2 is 1.67 bits per heavy atom. The van der Waals surface area contributed by atoms with Crippen LogP contribution in [0.25, 0.3) is 0 Å². The van der Waals surface area contributed by atoms with Crippen molar-refractivity contribution in [3.8, 4) is 11.5 Å². The summed E-state index contributed by atoms with van der Waals surface area (Å²) in [6.45, 7) is 3.59. The lowest BCUT2D eigenvalue weighted by Crippen LogP contribution is -2.46. The first-order valence-corrected chi connectivity index (χ1v) is 14.1. The van der Waals surface area contributed by atoms with E-state index in [2.05, 4.69) is 15.8 Å². The summed E-state index contributed by atoms with van der Waals surface area (Å²) in [4.78, 5) is 24.8. The molecule has 1 atom stereocenters. The van der Waals surface area contributed by atoms with Gasteiger partial charge < -0.3 is 14.8 Å². The number of carbonyl (C=O) groups excluding carboxylic acids is 2. The number of amides is 2. The molecule has 2 N–H and O–H groups in total. The molecule has 206 valence electrons. The van der Waals surface area contributed by atoms with Gasteiger partial charge >= 0.3 is 0 Å². The van der Waals surface area contributed by atoms with E-state index in [-0.39, 0.29) is 12.5 Å². The first kappa shape index (κ1) is 29.5. The Bertz CT molecular complexity index is 1410. The monoisotopic (exact) mass is 572 g/mol. The molecule has 0 aliphatic rings. The second kappa shape index (κ2) is 13.6. The molecule has 0 saturated carbocycles. The van der Waals surface area contributed by atoms with E-state index in [4.69, 9.17) is 21.1 Å². The van der Waals surface area contributed by atoms with E-state index in [1.807, 2.05) is 6.92 Å². The molecule has 10 nitrogen and oxygen atoms in total. The van der Waals surface area contributed by atoms with Crippen molar-refractivity contribution in [2.75, 3.05) is 29.1 Å². The molecule has 0 fully saturated rings. The second-order valence-corrected chi connectivity index (χ2v) is 10.6. The summed E-state index contributed by atoms with van der Waals surface area (Å²) < 4.78 is 36.8. The maximum atomic E-state index is 12.7. The summed E-state index contributed by atoms with van der Waals surface area (Å²) in [5, 5.41) is 7.14. The van der Waals surface area contributed by atoms with Crippen LogP contribution in [-0.4, -0.2) is 52.0 Å². The van der Waals surface area contributed by atoms with Gasteiger partial charge in [0.05, 0.1) is 24.8 Å². The predicted molar refractivity (Wildman–Crippen MR) is 152 cm³/mol. The molecule has 0 unspecified atom stereocenters. The average molecular weight is 573 g/mol. The van der Waals surface area contributed by atoms with E-state index in [0.717, 1.165) is 10.6 Å². The molecule has 0 bridgehead atoms.